The normalized spacial score (nSPS) is 51.0. The van der Waals surface area contributed by atoms with E-state index in [1.165, 1.54) is 31.7 Å². The lowest BCUT2D eigenvalue weighted by Gasteiger charge is -2.58. The molecule has 1 aromatic carbocycles. The molecule has 18 nitrogen and oxygen atoms in total. The van der Waals surface area contributed by atoms with E-state index in [1.807, 2.05) is 0 Å². The van der Waals surface area contributed by atoms with Crippen molar-refractivity contribution in [3.8, 4) is 5.75 Å². The highest BCUT2D eigenvalue weighted by Crippen LogP contribution is 2.70. The molecule has 70 heavy (non-hydrogen) atoms. The fourth-order valence-corrected chi connectivity index (χ4v) is 14.8. The van der Waals surface area contributed by atoms with E-state index in [0.717, 1.165) is 51.6 Å². The first-order valence-corrected chi connectivity index (χ1v) is 25.8. The molecule has 3 saturated carbocycles. The lowest BCUT2D eigenvalue weighted by Crippen LogP contribution is -2.65. The Balaban J connectivity index is 0.826. The molecular weight excluding hydrogens is 913 g/mol. The number of ether oxygens (including phenoxy) is 10. The highest BCUT2D eigenvalue weighted by atomic mass is 16.8. The highest BCUT2D eigenvalue weighted by molar-refractivity contribution is 5.89. The van der Waals surface area contributed by atoms with Crippen LogP contribution < -0.4 is 4.74 Å². The Morgan fingerprint density at radius 2 is 1.47 bits per heavy atom. The van der Waals surface area contributed by atoms with Gasteiger partial charge in [-0.1, -0.05) is 39.3 Å². The molecule has 0 aromatic heterocycles. The van der Waals surface area contributed by atoms with Crippen LogP contribution in [0.3, 0.4) is 0 Å². The number of esters is 1. The molecule has 5 aliphatic heterocycles. The van der Waals surface area contributed by atoms with Crippen molar-refractivity contribution in [3.63, 3.8) is 0 Å². The molecule has 4 aliphatic carbocycles. The highest BCUT2D eigenvalue weighted by Gasteiger charge is 2.69. The number of methoxy groups -OCH3 is 1. The Bertz CT molecular complexity index is 2030. The zero-order valence-corrected chi connectivity index (χ0v) is 41.2. The van der Waals surface area contributed by atoms with Gasteiger partial charge in [0.2, 0.25) is 0 Å². The average Bonchev–Trinajstić information content (AvgIpc) is 3.91. The van der Waals surface area contributed by atoms with E-state index in [1.54, 1.807) is 12.1 Å². The Morgan fingerprint density at radius 1 is 0.757 bits per heavy atom. The SMILES string of the molecule is COc1ccc(C(=O)OC[C@@H]2OC(O[C@H]3[C@H](O)[C@@H](OC4O[C@@H](C)[C@H](O)[C@@H](O)[C@H]4O)[C@H](O[C@H]4CC[C@@]5(C)C(=CCC6C7CC8O[C@]9(CC[C@@H](C)CO9)[C@@H](C)C8[C@@]7(C)CCC65)C4)O[C@@H]3CO)[C@H](O)[C@H]2O)cc1. The zero-order valence-electron chi connectivity index (χ0n) is 41.2. The van der Waals surface area contributed by atoms with Crippen LogP contribution in [0.25, 0.3) is 0 Å². The standard InChI is InChI=1S/C52H76O18/c1-24-13-18-52(63-22-24)25(2)37-34(70-52)20-33-31-12-9-28-19-30(14-16-50(28,4)32(31)15-17-51(33,37)5)65-49-45(69-47-42(58)40(56)38(54)26(3)64-47)43(59)44(35(21-53)66-49)68-48-41(57)39(55)36(67-48)23-62-46(60)27-7-10-29(61-6)11-8-27/h7-11,24-26,30-45,47-49,53-59H,12-23H2,1-6H3/t24-,25+,26+,30+,31?,32?,33?,34?,35-,36+,37?,38+,39+,40-,41-,42-,43+,44-,45-,47?,48?,49-,50+,51+,52-/m1/s1. The Morgan fingerprint density at radius 3 is 2.19 bits per heavy atom. The van der Waals surface area contributed by atoms with Crippen LogP contribution in [-0.2, 0) is 42.6 Å². The third-order valence-electron chi connectivity index (χ3n) is 18.9. The second-order valence-electron chi connectivity index (χ2n) is 22.7. The van der Waals surface area contributed by atoms with Gasteiger partial charge in [-0.25, -0.2) is 4.79 Å². The number of hydrogen-bond donors (Lipinski definition) is 7. The summed E-state index contributed by atoms with van der Waals surface area (Å²) in [7, 11) is 1.50. The van der Waals surface area contributed by atoms with E-state index in [9.17, 15) is 40.5 Å². The maximum absolute atomic E-state index is 12.8. The summed E-state index contributed by atoms with van der Waals surface area (Å²) < 4.78 is 61.2. The number of carbonyl (C=O) groups excluding carboxylic acids is 1. The van der Waals surface area contributed by atoms with E-state index in [2.05, 4.69) is 33.8 Å². The van der Waals surface area contributed by atoms with Crippen molar-refractivity contribution in [3.05, 3.63) is 41.5 Å². The van der Waals surface area contributed by atoms with Crippen molar-refractivity contribution in [2.24, 2.45) is 46.3 Å². The van der Waals surface area contributed by atoms with Gasteiger partial charge in [0.05, 0.1) is 44.2 Å². The predicted octanol–water partition coefficient (Wildman–Crippen LogP) is 2.73. The lowest BCUT2D eigenvalue weighted by molar-refractivity contribution is -0.380. The molecule has 0 radical (unpaired) electrons. The average molecular weight is 989 g/mol. The van der Waals surface area contributed by atoms with Gasteiger partial charge in [0.25, 0.3) is 0 Å². The monoisotopic (exact) mass is 989 g/mol. The molecule has 7 unspecified atom stereocenters. The summed E-state index contributed by atoms with van der Waals surface area (Å²) in [5.41, 5.74) is 1.69. The maximum Gasteiger partial charge on any atom is 0.338 e. The molecule has 8 fully saturated rings. The zero-order chi connectivity index (χ0) is 49.6. The van der Waals surface area contributed by atoms with Gasteiger partial charge in [0.1, 0.15) is 73.4 Å². The van der Waals surface area contributed by atoms with Gasteiger partial charge in [-0.05, 0) is 123 Å². The first-order chi connectivity index (χ1) is 33.4. The van der Waals surface area contributed by atoms with Gasteiger partial charge in [0, 0.05) is 12.3 Å². The molecule has 1 aromatic rings. The lowest BCUT2D eigenvalue weighted by atomic mass is 9.47. The van der Waals surface area contributed by atoms with Crippen LogP contribution in [0.4, 0.5) is 0 Å². The molecule has 1 spiro atoms. The minimum Gasteiger partial charge on any atom is -0.497 e. The summed E-state index contributed by atoms with van der Waals surface area (Å²) in [5.74, 6) is 2.37. The smallest absolute Gasteiger partial charge is 0.338 e. The summed E-state index contributed by atoms with van der Waals surface area (Å²) in [4.78, 5) is 12.8. The molecule has 18 heteroatoms. The first-order valence-electron chi connectivity index (χ1n) is 25.8. The minimum atomic E-state index is -1.74. The quantitative estimate of drug-likeness (QED) is 0.124. The molecule has 10 rings (SSSR count). The van der Waals surface area contributed by atoms with Crippen LogP contribution in [0.5, 0.6) is 5.75 Å². The van der Waals surface area contributed by atoms with Gasteiger partial charge in [-0.15, -0.1) is 0 Å². The molecule has 392 valence electrons. The summed E-state index contributed by atoms with van der Waals surface area (Å²) >= 11 is 0. The van der Waals surface area contributed by atoms with E-state index < -0.39 is 111 Å². The largest absolute Gasteiger partial charge is 0.497 e. The van der Waals surface area contributed by atoms with Crippen LogP contribution in [0.1, 0.15) is 103 Å². The van der Waals surface area contributed by atoms with Crippen molar-refractivity contribution < 1.29 is 87.9 Å². The van der Waals surface area contributed by atoms with Crippen LogP contribution in [0.2, 0.25) is 0 Å². The van der Waals surface area contributed by atoms with E-state index >= 15 is 0 Å². The second-order valence-corrected chi connectivity index (χ2v) is 22.7. The third kappa shape index (κ3) is 8.79. The maximum atomic E-state index is 12.8. The van der Waals surface area contributed by atoms with Crippen LogP contribution in [-0.4, -0.2) is 173 Å². The molecule has 9 aliphatic rings. The van der Waals surface area contributed by atoms with Crippen LogP contribution in [0.15, 0.2) is 35.9 Å². The minimum absolute atomic E-state index is 0.0424. The summed E-state index contributed by atoms with van der Waals surface area (Å²) in [6.45, 7) is 10.7. The molecule has 0 amide bonds. The Labute approximate surface area is 409 Å². The Hall–Kier alpha value is -2.37. The number of benzene rings is 1. The predicted molar refractivity (Wildman–Crippen MR) is 244 cm³/mol. The van der Waals surface area contributed by atoms with Crippen LogP contribution in [0, 0.1) is 46.3 Å². The second kappa shape index (κ2) is 19.7. The molecule has 7 N–H and O–H groups in total. The first kappa shape index (κ1) is 51.1. The summed E-state index contributed by atoms with van der Waals surface area (Å²) in [5, 5.41) is 77.1. The van der Waals surface area contributed by atoms with Crippen molar-refractivity contribution in [1.82, 2.24) is 0 Å². The molecular formula is C52H76O18. The number of hydrogen-bond acceptors (Lipinski definition) is 18. The van der Waals surface area contributed by atoms with Gasteiger partial charge in [0.15, 0.2) is 24.7 Å². The molecule has 0 bridgehead atoms. The van der Waals surface area contributed by atoms with Crippen molar-refractivity contribution in [2.45, 2.75) is 196 Å². The Kier molecular flexibility index (Phi) is 14.4. The number of rotatable bonds is 11. The molecule has 25 atom stereocenters. The summed E-state index contributed by atoms with van der Waals surface area (Å²) in [6.07, 6.45) is -9.86. The van der Waals surface area contributed by atoms with Gasteiger partial charge >= 0.3 is 5.97 Å². The van der Waals surface area contributed by atoms with Crippen molar-refractivity contribution in [1.29, 1.82) is 0 Å². The van der Waals surface area contributed by atoms with E-state index in [0.29, 0.717) is 54.1 Å². The summed E-state index contributed by atoms with van der Waals surface area (Å²) in [6, 6.07) is 6.21. The fraction of sp³-hybridized carbons (Fsp3) is 0.827. The molecule has 5 heterocycles. The van der Waals surface area contributed by atoms with E-state index in [-0.39, 0.29) is 28.6 Å². The number of aliphatic hydroxyl groups excluding tert-OH is 7. The van der Waals surface area contributed by atoms with E-state index in [4.69, 9.17) is 47.4 Å². The van der Waals surface area contributed by atoms with Gasteiger partial charge in [-0.3, -0.25) is 0 Å². The van der Waals surface area contributed by atoms with Gasteiger partial charge < -0.3 is 83.1 Å². The number of carbonyl (C=O) groups is 1. The number of fused-ring (bicyclic) bond motifs is 7. The number of allylic oxidation sites excluding steroid dienone is 1. The number of aliphatic hydroxyl groups is 7. The van der Waals surface area contributed by atoms with Crippen molar-refractivity contribution >= 4 is 5.97 Å². The third-order valence-corrected chi connectivity index (χ3v) is 18.9. The topological polar surface area (TPSA) is 251 Å². The molecule has 5 saturated heterocycles. The van der Waals surface area contributed by atoms with Crippen molar-refractivity contribution in [2.75, 3.05) is 26.9 Å². The van der Waals surface area contributed by atoms with Crippen LogP contribution >= 0.6 is 0 Å². The fourth-order valence-electron chi connectivity index (χ4n) is 14.8. The van der Waals surface area contributed by atoms with Gasteiger partial charge in [-0.2, -0.15) is 0 Å².